The van der Waals surface area contributed by atoms with E-state index in [1.54, 1.807) is 36.4 Å². The lowest BCUT2D eigenvalue weighted by Crippen LogP contribution is -2.22. The van der Waals surface area contributed by atoms with Crippen molar-refractivity contribution in [3.8, 4) is 5.75 Å². The van der Waals surface area contributed by atoms with Crippen LogP contribution in [0.4, 0.5) is 0 Å². The summed E-state index contributed by atoms with van der Waals surface area (Å²) in [6, 6.07) is 16.1. The maximum atomic E-state index is 12.5. The molecule has 0 aliphatic heterocycles. The summed E-state index contributed by atoms with van der Waals surface area (Å²) in [7, 11) is 2.94. The normalized spacial score (nSPS) is 10.6. The number of hydrogen-bond donors (Lipinski definition) is 0. The molecule has 0 saturated carbocycles. The molecule has 4 heteroatoms. The predicted octanol–water partition coefficient (Wildman–Crippen LogP) is 2.87. The van der Waals surface area contributed by atoms with E-state index in [1.165, 1.54) is 14.2 Å². The summed E-state index contributed by atoms with van der Waals surface area (Å²) >= 11 is 0. The van der Waals surface area contributed by atoms with Gasteiger partial charge in [0, 0.05) is 19.8 Å². The maximum absolute atomic E-state index is 12.5. The van der Waals surface area contributed by atoms with E-state index in [4.69, 9.17) is 14.2 Å². The van der Waals surface area contributed by atoms with Gasteiger partial charge >= 0.3 is 6.48 Å². The van der Waals surface area contributed by atoms with E-state index in [-0.39, 0.29) is 5.78 Å². The summed E-state index contributed by atoms with van der Waals surface area (Å²) in [4.78, 5) is 12.5. The van der Waals surface area contributed by atoms with Crippen LogP contribution in [0.15, 0.2) is 54.6 Å². The van der Waals surface area contributed by atoms with Gasteiger partial charge in [0.1, 0.15) is 5.75 Å². The van der Waals surface area contributed by atoms with Crippen molar-refractivity contribution in [3.63, 3.8) is 0 Å². The van der Waals surface area contributed by atoms with Crippen molar-refractivity contribution in [2.24, 2.45) is 0 Å². The number of para-hydroxylation sites is 1. The molecule has 20 heavy (non-hydrogen) atoms. The van der Waals surface area contributed by atoms with Gasteiger partial charge in [-0.3, -0.25) is 4.79 Å². The van der Waals surface area contributed by atoms with Gasteiger partial charge in [0.2, 0.25) is 0 Å². The molecule has 0 aromatic heterocycles. The van der Waals surface area contributed by atoms with Crippen molar-refractivity contribution in [1.82, 2.24) is 0 Å². The minimum absolute atomic E-state index is 0.104. The molecule has 2 rings (SSSR count). The molecule has 0 aliphatic carbocycles. The first-order valence-electron chi connectivity index (χ1n) is 6.17. The standard InChI is InChI=1S/C16H16O4/c1-18-16(19-2)20-14-11-7-6-10-13(14)15(17)12-8-4-3-5-9-12/h3-11,16H,1-2H3. The first kappa shape index (κ1) is 14.2. The van der Waals surface area contributed by atoms with E-state index in [0.717, 1.165) is 0 Å². The summed E-state index contributed by atoms with van der Waals surface area (Å²) in [5, 5.41) is 0. The monoisotopic (exact) mass is 272 g/mol. The average molecular weight is 272 g/mol. The zero-order chi connectivity index (χ0) is 14.4. The third kappa shape index (κ3) is 3.23. The van der Waals surface area contributed by atoms with Gasteiger partial charge in [-0.1, -0.05) is 42.5 Å². The lowest BCUT2D eigenvalue weighted by atomic mass is 10.0. The van der Waals surface area contributed by atoms with Crippen LogP contribution >= 0.6 is 0 Å². The van der Waals surface area contributed by atoms with Gasteiger partial charge in [-0.2, -0.15) is 0 Å². The van der Waals surface area contributed by atoms with E-state index in [1.807, 2.05) is 18.2 Å². The Hall–Kier alpha value is -2.17. The molecule has 0 unspecified atom stereocenters. The number of ketones is 1. The van der Waals surface area contributed by atoms with Crippen molar-refractivity contribution in [2.45, 2.75) is 6.48 Å². The topological polar surface area (TPSA) is 44.8 Å². The highest BCUT2D eigenvalue weighted by molar-refractivity contribution is 6.10. The van der Waals surface area contributed by atoms with E-state index in [9.17, 15) is 4.79 Å². The van der Waals surface area contributed by atoms with Crippen molar-refractivity contribution in [1.29, 1.82) is 0 Å². The van der Waals surface area contributed by atoms with E-state index < -0.39 is 6.48 Å². The second-order valence-corrected chi connectivity index (χ2v) is 4.07. The van der Waals surface area contributed by atoms with E-state index >= 15 is 0 Å². The maximum Gasteiger partial charge on any atom is 0.315 e. The molecule has 0 atom stereocenters. The lowest BCUT2D eigenvalue weighted by molar-refractivity contribution is -0.219. The van der Waals surface area contributed by atoms with Crippen LogP contribution in [0.5, 0.6) is 5.75 Å². The molecule has 4 nitrogen and oxygen atoms in total. The van der Waals surface area contributed by atoms with E-state index in [0.29, 0.717) is 16.9 Å². The summed E-state index contributed by atoms with van der Waals surface area (Å²) in [5.41, 5.74) is 1.08. The second kappa shape index (κ2) is 6.84. The smallest absolute Gasteiger partial charge is 0.315 e. The Morgan fingerprint density at radius 2 is 1.50 bits per heavy atom. The fourth-order valence-electron chi connectivity index (χ4n) is 1.80. The zero-order valence-electron chi connectivity index (χ0n) is 11.4. The predicted molar refractivity (Wildman–Crippen MR) is 74.8 cm³/mol. The van der Waals surface area contributed by atoms with Crippen molar-refractivity contribution in [3.05, 3.63) is 65.7 Å². The second-order valence-electron chi connectivity index (χ2n) is 4.07. The van der Waals surface area contributed by atoms with Gasteiger partial charge in [0.05, 0.1) is 5.56 Å². The fraction of sp³-hybridized carbons (Fsp3) is 0.188. The van der Waals surface area contributed by atoms with Crippen molar-refractivity contribution >= 4 is 5.78 Å². The molecule has 0 N–H and O–H groups in total. The Labute approximate surface area is 117 Å². The molecule has 2 aromatic carbocycles. The van der Waals surface area contributed by atoms with Crippen LogP contribution in [0.3, 0.4) is 0 Å². The fourth-order valence-corrected chi connectivity index (χ4v) is 1.80. The number of carbonyl (C=O) groups is 1. The minimum atomic E-state index is -0.847. The van der Waals surface area contributed by atoms with Crippen LogP contribution in [0.2, 0.25) is 0 Å². The zero-order valence-corrected chi connectivity index (χ0v) is 11.4. The summed E-state index contributed by atoms with van der Waals surface area (Å²) in [6.07, 6.45) is 0. The number of carbonyl (C=O) groups excluding carboxylic acids is 1. The Kier molecular flexibility index (Phi) is 4.87. The minimum Gasteiger partial charge on any atom is -0.440 e. The molecule has 0 aliphatic rings. The van der Waals surface area contributed by atoms with Crippen LogP contribution in [0.25, 0.3) is 0 Å². The third-order valence-electron chi connectivity index (χ3n) is 2.78. The Morgan fingerprint density at radius 1 is 0.900 bits per heavy atom. The molecule has 104 valence electrons. The summed E-state index contributed by atoms with van der Waals surface area (Å²) < 4.78 is 15.5. The van der Waals surface area contributed by atoms with Crippen LogP contribution in [0, 0.1) is 0 Å². The molecule has 0 amide bonds. The highest BCUT2D eigenvalue weighted by Crippen LogP contribution is 2.22. The summed E-state index contributed by atoms with van der Waals surface area (Å²) in [6.45, 7) is -0.847. The molecule has 0 spiro atoms. The largest absolute Gasteiger partial charge is 0.440 e. The van der Waals surface area contributed by atoms with E-state index in [2.05, 4.69) is 0 Å². The quantitative estimate of drug-likeness (QED) is 0.599. The Balaban J connectivity index is 2.30. The molecular weight excluding hydrogens is 256 g/mol. The lowest BCUT2D eigenvalue weighted by Gasteiger charge is -2.17. The number of rotatable bonds is 6. The first-order chi connectivity index (χ1) is 9.76. The van der Waals surface area contributed by atoms with Gasteiger partial charge in [-0.05, 0) is 12.1 Å². The van der Waals surface area contributed by atoms with Crippen LogP contribution in [-0.2, 0) is 9.47 Å². The van der Waals surface area contributed by atoms with Crippen molar-refractivity contribution < 1.29 is 19.0 Å². The van der Waals surface area contributed by atoms with Crippen LogP contribution in [-0.4, -0.2) is 26.5 Å². The molecule has 2 aromatic rings. The number of benzene rings is 2. The van der Waals surface area contributed by atoms with Crippen molar-refractivity contribution in [2.75, 3.05) is 14.2 Å². The highest BCUT2D eigenvalue weighted by Gasteiger charge is 2.16. The van der Waals surface area contributed by atoms with Gasteiger partial charge < -0.3 is 14.2 Å². The Bertz CT molecular complexity index is 562. The highest BCUT2D eigenvalue weighted by atomic mass is 16.8. The molecule has 0 fully saturated rings. The molecule has 0 heterocycles. The Morgan fingerprint density at radius 3 is 2.15 bits per heavy atom. The average Bonchev–Trinajstić information content (AvgIpc) is 2.53. The molecular formula is C16H16O4. The van der Waals surface area contributed by atoms with Crippen LogP contribution in [0.1, 0.15) is 15.9 Å². The SMILES string of the molecule is COC(OC)Oc1ccccc1C(=O)c1ccccc1. The molecule has 0 bridgehead atoms. The van der Waals surface area contributed by atoms with Gasteiger partial charge in [-0.15, -0.1) is 0 Å². The molecule has 0 saturated heterocycles. The molecule has 0 radical (unpaired) electrons. The van der Waals surface area contributed by atoms with Gasteiger partial charge in [0.15, 0.2) is 5.78 Å². The number of methoxy groups -OCH3 is 2. The van der Waals surface area contributed by atoms with Crippen LogP contribution < -0.4 is 4.74 Å². The van der Waals surface area contributed by atoms with Gasteiger partial charge in [-0.25, -0.2) is 0 Å². The summed E-state index contributed by atoms with van der Waals surface area (Å²) in [5.74, 6) is 0.321. The third-order valence-corrected chi connectivity index (χ3v) is 2.78. The number of ether oxygens (including phenoxy) is 3. The van der Waals surface area contributed by atoms with Gasteiger partial charge in [0.25, 0.3) is 0 Å². The first-order valence-corrected chi connectivity index (χ1v) is 6.17. The number of hydrogen-bond acceptors (Lipinski definition) is 4.